The van der Waals surface area contributed by atoms with Crippen LogP contribution in [0, 0.1) is 0 Å². The predicted molar refractivity (Wildman–Crippen MR) is 72.7 cm³/mol. The van der Waals surface area contributed by atoms with Crippen molar-refractivity contribution in [1.82, 2.24) is 0 Å². The highest BCUT2D eigenvalue weighted by Crippen LogP contribution is 2.41. The van der Waals surface area contributed by atoms with E-state index in [-0.39, 0.29) is 5.91 Å². The second-order valence-electron chi connectivity index (χ2n) is 6.16. The molecule has 2 rings (SSSR count). The van der Waals surface area contributed by atoms with Gasteiger partial charge < -0.3 is 10.0 Å². The summed E-state index contributed by atoms with van der Waals surface area (Å²) < 4.78 is 0. The average Bonchev–Trinajstić information content (AvgIpc) is 2.45. The lowest BCUT2D eigenvalue weighted by atomic mass is 9.86. The van der Waals surface area contributed by atoms with Crippen LogP contribution in [0.4, 0.5) is 5.69 Å². The molecule has 1 aliphatic rings. The monoisotopic (exact) mass is 247 g/mol. The van der Waals surface area contributed by atoms with E-state index < -0.39 is 11.0 Å². The third-order valence-electron chi connectivity index (χ3n) is 3.60. The summed E-state index contributed by atoms with van der Waals surface area (Å²) in [5.41, 5.74) is 0.848. The molecule has 0 aromatic heterocycles. The number of rotatable bonds is 3. The molecule has 1 aliphatic heterocycles. The molecule has 3 nitrogen and oxygen atoms in total. The minimum Gasteiger partial charge on any atom is -0.390 e. The quantitative estimate of drug-likeness (QED) is 0.891. The number of para-hydroxylation sites is 1. The maximum absolute atomic E-state index is 12.4. The van der Waals surface area contributed by atoms with Crippen molar-refractivity contribution < 1.29 is 9.90 Å². The van der Waals surface area contributed by atoms with E-state index in [1.165, 1.54) is 0 Å². The predicted octanol–water partition coefficient (Wildman–Crippen LogP) is 2.47. The van der Waals surface area contributed by atoms with E-state index >= 15 is 0 Å². The second kappa shape index (κ2) is 4.09. The van der Waals surface area contributed by atoms with Gasteiger partial charge in [-0.1, -0.05) is 18.2 Å². The summed E-state index contributed by atoms with van der Waals surface area (Å²) in [5, 5.41) is 9.80. The van der Waals surface area contributed by atoms with Gasteiger partial charge in [-0.15, -0.1) is 0 Å². The van der Waals surface area contributed by atoms with E-state index in [0.717, 1.165) is 11.3 Å². The zero-order chi connectivity index (χ0) is 13.6. The number of hydrogen-bond donors (Lipinski definition) is 1. The van der Waals surface area contributed by atoms with Gasteiger partial charge in [0, 0.05) is 12.2 Å². The zero-order valence-electron chi connectivity index (χ0n) is 11.5. The molecule has 18 heavy (non-hydrogen) atoms. The first-order chi connectivity index (χ1) is 8.23. The highest BCUT2D eigenvalue weighted by molar-refractivity contribution is 6.07. The number of nitrogens with zero attached hydrogens (tertiary/aromatic N) is 1. The number of hydrogen-bond acceptors (Lipinski definition) is 2. The van der Waals surface area contributed by atoms with Gasteiger partial charge >= 0.3 is 0 Å². The number of fused-ring (bicyclic) bond motifs is 1. The smallest absolute Gasteiger partial charge is 0.237 e. The van der Waals surface area contributed by atoms with E-state index in [1.54, 1.807) is 18.7 Å². The Balaban J connectivity index is 2.31. The molecule has 0 spiro atoms. The number of carbonyl (C=O) groups is 1. The van der Waals surface area contributed by atoms with Crippen molar-refractivity contribution in [2.24, 2.45) is 0 Å². The van der Waals surface area contributed by atoms with Crippen LogP contribution in [0.1, 0.15) is 39.7 Å². The van der Waals surface area contributed by atoms with Crippen molar-refractivity contribution in [1.29, 1.82) is 0 Å². The minimum absolute atomic E-state index is 0.118. The Morgan fingerprint density at radius 2 is 1.89 bits per heavy atom. The molecule has 3 heteroatoms. The average molecular weight is 247 g/mol. The van der Waals surface area contributed by atoms with Crippen molar-refractivity contribution in [3.8, 4) is 0 Å². The van der Waals surface area contributed by atoms with E-state index in [1.807, 2.05) is 38.1 Å². The summed E-state index contributed by atoms with van der Waals surface area (Å²) in [6, 6.07) is 7.90. The fourth-order valence-corrected chi connectivity index (χ4v) is 2.41. The Morgan fingerprint density at radius 1 is 1.28 bits per heavy atom. The first-order valence-electron chi connectivity index (χ1n) is 6.37. The lowest BCUT2D eigenvalue weighted by Crippen LogP contribution is -2.38. The molecule has 0 radical (unpaired) electrons. The fraction of sp³-hybridized carbons (Fsp3) is 0.533. The lowest BCUT2D eigenvalue weighted by Gasteiger charge is -2.24. The van der Waals surface area contributed by atoms with Crippen LogP contribution in [0.15, 0.2) is 24.3 Å². The zero-order valence-corrected chi connectivity index (χ0v) is 11.5. The fourth-order valence-electron chi connectivity index (χ4n) is 2.41. The molecule has 98 valence electrons. The van der Waals surface area contributed by atoms with E-state index in [4.69, 9.17) is 0 Å². The number of anilines is 1. The molecule has 0 atom stereocenters. The third-order valence-corrected chi connectivity index (χ3v) is 3.60. The van der Waals surface area contributed by atoms with Gasteiger partial charge in [-0.3, -0.25) is 4.79 Å². The largest absolute Gasteiger partial charge is 0.390 e. The van der Waals surface area contributed by atoms with Crippen LogP contribution in [0.25, 0.3) is 0 Å². The van der Waals surface area contributed by atoms with Gasteiger partial charge in [0.25, 0.3) is 0 Å². The van der Waals surface area contributed by atoms with Gasteiger partial charge in [0.1, 0.15) is 0 Å². The Kier molecular flexibility index (Phi) is 2.98. The standard InChI is InChI=1S/C15H21NO2/c1-14(2,18)9-10-16-12-8-6-5-7-11(12)15(3,4)13(16)17/h5-8,18H,9-10H2,1-4H3. The summed E-state index contributed by atoms with van der Waals surface area (Å²) >= 11 is 0. The van der Waals surface area contributed by atoms with Crippen LogP contribution >= 0.6 is 0 Å². The maximum Gasteiger partial charge on any atom is 0.237 e. The molecule has 1 aromatic carbocycles. The minimum atomic E-state index is -0.748. The van der Waals surface area contributed by atoms with E-state index in [2.05, 4.69) is 0 Å². The summed E-state index contributed by atoms with van der Waals surface area (Å²) in [4.78, 5) is 14.2. The van der Waals surface area contributed by atoms with Crippen LogP contribution in [0.3, 0.4) is 0 Å². The number of carbonyl (C=O) groups excluding carboxylic acids is 1. The first-order valence-corrected chi connectivity index (χ1v) is 6.37. The molecule has 0 bridgehead atoms. The first kappa shape index (κ1) is 13.1. The Hall–Kier alpha value is -1.35. The van der Waals surface area contributed by atoms with Crippen molar-refractivity contribution >= 4 is 11.6 Å². The Labute approximate surface area is 108 Å². The Bertz CT molecular complexity index is 472. The van der Waals surface area contributed by atoms with Gasteiger partial charge in [0.15, 0.2) is 0 Å². The van der Waals surface area contributed by atoms with Crippen molar-refractivity contribution in [3.05, 3.63) is 29.8 Å². The molecular weight excluding hydrogens is 226 g/mol. The van der Waals surface area contributed by atoms with Crippen molar-refractivity contribution in [3.63, 3.8) is 0 Å². The maximum atomic E-state index is 12.4. The van der Waals surface area contributed by atoms with E-state index in [9.17, 15) is 9.90 Å². The van der Waals surface area contributed by atoms with E-state index in [0.29, 0.717) is 13.0 Å². The summed E-state index contributed by atoms with van der Waals surface area (Å²) in [5.74, 6) is 0.118. The third kappa shape index (κ3) is 2.15. The molecule has 0 saturated carbocycles. The summed E-state index contributed by atoms with van der Waals surface area (Å²) in [7, 11) is 0. The molecule has 0 fully saturated rings. The summed E-state index contributed by atoms with van der Waals surface area (Å²) in [6.07, 6.45) is 0.573. The van der Waals surface area contributed by atoms with Gasteiger partial charge in [-0.05, 0) is 45.7 Å². The number of benzene rings is 1. The van der Waals surface area contributed by atoms with Crippen molar-refractivity contribution in [2.45, 2.75) is 45.1 Å². The molecular formula is C15H21NO2. The molecule has 0 saturated heterocycles. The van der Waals surface area contributed by atoms with Crippen LogP contribution < -0.4 is 4.90 Å². The van der Waals surface area contributed by atoms with Gasteiger partial charge in [0.2, 0.25) is 5.91 Å². The van der Waals surface area contributed by atoms with Gasteiger partial charge in [-0.25, -0.2) is 0 Å². The Morgan fingerprint density at radius 3 is 2.50 bits per heavy atom. The normalized spacial score (nSPS) is 18.1. The van der Waals surface area contributed by atoms with Crippen molar-refractivity contribution in [2.75, 3.05) is 11.4 Å². The molecule has 1 aromatic rings. The highest BCUT2D eigenvalue weighted by Gasteiger charge is 2.43. The highest BCUT2D eigenvalue weighted by atomic mass is 16.3. The van der Waals surface area contributed by atoms with Crippen LogP contribution in [0.2, 0.25) is 0 Å². The van der Waals surface area contributed by atoms with Gasteiger partial charge in [0.05, 0.1) is 11.0 Å². The van der Waals surface area contributed by atoms with Crippen LogP contribution in [-0.2, 0) is 10.2 Å². The molecule has 1 amide bonds. The molecule has 1 N–H and O–H groups in total. The SMILES string of the molecule is CC(C)(O)CCN1C(=O)C(C)(C)c2ccccc21. The van der Waals surface area contributed by atoms with Gasteiger partial charge in [-0.2, -0.15) is 0 Å². The lowest BCUT2D eigenvalue weighted by molar-refractivity contribution is -0.122. The van der Waals surface area contributed by atoms with Crippen LogP contribution in [0.5, 0.6) is 0 Å². The van der Waals surface area contributed by atoms with Crippen LogP contribution in [-0.4, -0.2) is 23.2 Å². The number of aliphatic hydroxyl groups is 1. The topological polar surface area (TPSA) is 40.5 Å². The number of amides is 1. The molecule has 0 unspecified atom stereocenters. The second-order valence-corrected chi connectivity index (χ2v) is 6.16. The molecule has 0 aliphatic carbocycles. The summed E-state index contributed by atoms with van der Waals surface area (Å²) in [6.45, 7) is 8.01. The molecule has 1 heterocycles.